The molecule has 0 aliphatic carbocycles. The number of carbonyl (C=O) groups excluding carboxylic acids is 1. The minimum atomic E-state index is -0.104. The zero-order chi connectivity index (χ0) is 20.1. The van der Waals surface area contributed by atoms with E-state index in [4.69, 9.17) is 4.74 Å². The van der Waals surface area contributed by atoms with E-state index in [1.807, 2.05) is 54.6 Å². The first-order valence-electron chi connectivity index (χ1n) is 10.0. The minimum absolute atomic E-state index is 0.0152. The molecule has 0 bridgehead atoms. The molecule has 4 nitrogen and oxygen atoms in total. The number of hydrogen-bond donors (Lipinski definition) is 2. The Hall–Kier alpha value is -3.11. The van der Waals surface area contributed by atoms with Crippen molar-refractivity contribution in [2.75, 3.05) is 13.2 Å². The lowest BCUT2D eigenvalue weighted by atomic mass is 9.88. The third-order valence-electron chi connectivity index (χ3n) is 5.46. The van der Waals surface area contributed by atoms with Gasteiger partial charge in [-0.15, -0.1) is 0 Å². The van der Waals surface area contributed by atoms with Gasteiger partial charge in [0.05, 0.1) is 6.61 Å². The summed E-state index contributed by atoms with van der Waals surface area (Å²) in [4.78, 5) is 12.8. The molecule has 29 heavy (non-hydrogen) atoms. The van der Waals surface area contributed by atoms with Crippen molar-refractivity contribution in [1.29, 1.82) is 0 Å². The molecule has 0 unspecified atom stereocenters. The fourth-order valence-corrected chi connectivity index (χ4v) is 3.93. The van der Waals surface area contributed by atoms with Gasteiger partial charge in [0, 0.05) is 18.9 Å². The molecule has 2 atom stereocenters. The summed E-state index contributed by atoms with van der Waals surface area (Å²) in [6.07, 6.45) is 1.15. The average molecular weight is 387 g/mol. The molecule has 0 radical (unpaired) electrons. The molecule has 3 aromatic carbocycles. The van der Waals surface area contributed by atoms with Gasteiger partial charge in [-0.05, 0) is 40.8 Å². The molecular formula is C25H25NO3. The standard InChI is InChI=1S/C25H25NO3/c27-21-12-10-20(11-13-21)23(18-6-2-1-3-7-18)16-25(28)26-17-24-22-9-5-4-8-19(22)14-15-29-24/h1-13,23-24,27H,14-17H2,(H,26,28)/t23-,24-/m0/s1. The van der Waals surface area contributed by atoms with E-state index in [1.54, 1.807) is 12.1 Å². The van der Waals surface area contributed by atoms with Gasteiger partial charge in [0.1, 0.15) is 11.9 Å². The van der Waals surface area contributed by atoms with Crippen molar-refractivity contribution in [2.24, 2.45) is 0 Å². The number of ether oxygens (including phenoxy) is 1. The van der Waals surface area contributed by atoms with Gasteiger partial charge < -0.3 is 15.2 Å². The second-order valence-electron chi connectivity index (χ2n) is 7.37. The number of benzene rings is 3. The van der Waals surface area contributed by atoms with Crippen molar-refractivity contribution in [3.63, 3.8) is 0 Å². The lowest BCUT2D eigenvalue weighted by Gasteiger charge is -2.26. The van der Waals surface area contributed by atoms with Crippen LogP contribution in [0.5, 0.6) is 5.75 Å². The SMILES string of the molecule is O=C(C[C@@H](c1ccccc1)c1ccc(O)cc1)NC[C@@H]1OCCc2ccccc21. The van der Waals surface area contributed by atoms with Crippen molar-refractivity contribution in [2.45, 2.75) is 24.9 Å². The van der Waals surface area contributed by atoms with Crippen molar-refractivity contribution in [1.82, 2.24) is 5.32 Å². The highest BCUT2D eigenvalue weighted by molar-refractivity contribution is 5.77. The number of rotatable bonds is 6. The highest BCUT2D eigenvalue weighted by Gasteiger charge is 2.23. The molecule has 4 rings (SSSR count). The van der Waals surface area contributed by atoms with Crippen LogP contribution in [0.2, 0.25) is 0 Å². The van der Waals surface area contributed by atoms with Gasteiger partial charge in [0.25, 0.3) is 0 Å². The first-order chi connectivity index (χ1) is 14.2. The summed E-state index contributed by atoms with van der Waals surface area (Å²) in [5.41, 5.74) is 4.54. The zero-order valence-corrected chi connectivity index (χ0v) is 16.3. The number of carbonyl (C=O) groups is 1. The summed E-state index contributed by atoms with van der Waals surface area (Å²) in [5.74, 6) is 0.132. The molecule has 1 aliphatic heterocycles. The van der Waals surface area contributed by atoms with E-state index in [9.17, 15) is 9.90 Å². The normalized spacial score (nSPS) is 16.6. The first-order valence-corrected chi connectivity index (χ1v) is 10.0. The van der Waals surface area contributed by atoms with Crippen LogP contribution in [0.3, 0.4) is 0 Å². The molecular weight excluding hydrogens is 362 g/mol. The van der Waals surface area contributed by atoms with Crippen LogP contribution in [0.25, 0.3) is 0 Å². The highest BCUT2D eigenvalue weighted by Crippen LogP contribution is 2.30. The number of nitrogens with one attached hydrogen (secondary N) is 1. The fourth-order valence-electron chi connectivity index (χ4n) is 3.93. The number of fused-ring (bicyclic) bond motifs is 1. The Bertz CT molecular complexity index is 953. The van der Waals surface area contributed by atoms with Gasteiger partial charge in [-0.2, -0.15) is 0 Å². The monoisotopic (exact) mass is 387 g/mol. The quantitative estimate of drug-likeness (QED) is 0.661. The van der Waals surface area contributed by atoms with E-state index in [-0.39, 0.29) is 23.7 Å². The Morgan fingerprint density at radius 1 is 0.966 bits per heavy atom. The predicted molar refractivity (Wildman–Crippen MR) is 113 cm³/mol. The smallest absolute Gasteiger partial charge is 0.221 e. The number of hydrogen-bond acceptors (Lipinski definition) is 3. The van der Waals surface area contributed by atoms with Crippen LogP contribution in [-0.2, 0) is 16.0 Å². The highest BCUT2D eigenvalue weighted by atomic mass is 16.5. The minimum Gasteiger partial charge on any atom is -0.508 e. The van der Waals surface area contributed by atoms with Crippen LogP contribution in [0.4, 0.5) is 0 Å². The molecule has 2 N–H and O–H groups in total. The zero-order valence-electron chi connectivity index (χ0n) is 16.3. The lowest BCUT2D eigenvalue weighted by molar-refractivity contribution is -0.122. The molecule has 0 spiro atoms. The number of aromatic hydroxyl groups is 1. The maximum Gasteiger partial charge on any atom is 0.221 e. The summed E-state index contributed by atoms with van der Waals surface area (Å²) >= 11 is 0. The summed E-state index contributed by atoms with van der Waals surface area (Å²) < 4.78 is 5.90. The van der Waals surface area contributed by atoms with Crippen molar-refractivity contribution >= 4 is 5.91 Å². The van der Waals surface area contributed by atoms with E-state index >= 15 is 0 Å². The summed E-state index contributed by atoms with van der Waals surface area (Å²) in [6, 6.07) is 25.3. The molecule has 1 aliphatic rings. The van der Waals surface area contributed by atoms with E-state index < -0.39 is 0 Å². The Morgan fingerprint density at radius 2 is 1.66 bits per heavy atom. The molecule has 0 aromatic heterocycles. The van der Waals surface area contributed by atoms with Crippen LogP contribution < -0.4 is 5.32 Å². The Labute approximate surface area is 171 Å². The molecule has 148 valence electrons. The molecule has 4 heteroatoms. The van der Waals surface area contributed by atoms with Gasteiger partial charge in [0.2, 0.25) is 5.91 Å². The van der Waals surface area contributed by atoms with Crippen LogP contribution in [0.15, 0.2) is 78.9 Å². The maximum atomic E-state index is 12.8. The summed E-state index contributed by atoms with van der Waals surface area (Å²) in [5, 5.41) is 12.7. The second-order valence-corrected chi connectivity index (χ2v) is 7.37. The third kappa shape index (κ3) is 4.66. The van der Waals surface area contributed by atoms with Crippen LogP contribution >= 0.6 is 0 Å². The molecule has 1 heterocycles. The number of amides is 1. The molecule has 0 saturated heterocycles. The van der Waals surface area contributed by atoms with Gasteiger partial charge in [-0.1, -0.05) is 66.7 Å². The largest absolute Gasteiger partial charge is 0.508 e. The van der Waals surface area contributed by atoms with Gasteiger partial charge in [-0.25, -0.2) is 0 Å². The van der Waals surface area contributed by atoms with Crippen molar-refractivity contribution in [3.8, 4) is 5.75 Å². The third-order valence-corrected chi connectivity index (χ3v) is 5.46. The van der Waals surface area contributed by atoms with Gasteiger partial charge in [0.15, 0.2) is 0 Å². The van der Waals surface area contributed by atoms with Crippen molar-refractivity contribution < 1.29 is 14.6 Å². The number of phenols is 1. The first kappa shape index (κ1) is 19.2. The van der Waals surface area contributed by atoms with Gasteiger partial charge in [-0.3, -0.25) is 4.79 Å². The van der Waals surface area contributed by atoms with Crippen molar-refractivity contribution in [3.05, 3.63) is 101 Å². The number of phenolic OH excluding ortho intramolecular Hbond substituents is 1. The van der Waals surface area contributed by atoms with E-state index in [1.165, 1.54) is 5.56 Å². The topological polar surface area (TPSA) is 58.6 Å². The van der Waals surface area contributed by atoms with Crippen LogP contribution in [-0.4, -0.2) is 24.2 Å². The lowest BCUT2D eigenvalue weighted by Crippen LogP contribution is -2.32. The van der Waals surface area contributed by atoms with E-state index in [0.29, 0.717) is 19.6 Å². The average Bonchev–Trinajstić information content (AvgIpc) is 2.77. The Kier molecular flexibility index (Phi) is 5.92. The summed E-state index contributed by atoms with van der Waals surface area (Å²) in [7, 11) is 0. The van der Waals surface area contributed by atoms with E-state index in [2.05, 4.69) is 17.4 Å². The molecule has 3 aromatic rings. The predicted octanol–water partition coefficient (Wildman–Crippen LogP) is 4.34. The van der Waals surface area contributed by atoms with Crippen LogP contribution in [0, 0.1) is 0 Å². The second kappa shape index (κ2) is 8.93. The van der Waals surface area contributed by atoms with Gasteiger partial charge >= 0.3 is 0 Å². The fraction of sp³-hybridized carbons (Fsp3) is 0.240. The Morgan fingerprint density at radius 3 is 2.45 bits per heavy atom. The maximum absolute atomic E-state index is 12.8. The molecule has 1 amide bonds. The molecule has 0 fully saturated rings. The summed E-state index contributed by atoms with van der Waals surface area (Å²) in [6.45, 7) is 1.14. The van der Waals surface area contributed by atoms with Crippen LogP contribution in [0.1, 0.15) is 40.7 Å². The molecule has 0 saturated carbocycles. The Balaban J connectivity index is 1.46. The van der Waals surface area contributed by atoms with E-state index in [0.717, 1.165) is 23.1 Å².